The Balaban J connectivity index is 2.02. The highest BCUT2D eigenvalue weighted by molar-refractivity contribution is 6.37. The van der Waals surface area contributed by atoms with Gasteiger partial charge in [0.1, 0.15) is 12.6 Å². The molecule has 2 rings (SSSR count). The van der Waals surface area contributed by atoms with Crippen molar-refractivity contribution in [2.45, 2.75) is 19.1 Å². The van der Waals surface area contributed by atoms with E-state index in [1.807, 2.05) is 6.07 Å². The second-order valence-corrected chi connectivity index (χ2v) is 6.42. The number of Topliss-reactive ketones (excluding diaryl/α,β-unsaturated/α-hetero) is 1. The molecule has 0 bridgehead atoms. The Labute approximate surface area is 165 Å². The molecule has 0 unspecified atom stereocenters. The molecule has 0 radical (unpaired) electrons. The van der Waals surface area contributed by atoms with Crippen molar-refractivity contribution in [2.75, 3.05) is 5.73 Å². The summed E-state index contributed by atoms with van der Waals surface area (Å²) in [6.07, 6.45) is -1.52. The van der Waals surface area contributed by atoms with Crippen LogP contribution in [-0.4, -0.2) is 29.0 Å². The van der Waals surface area contributed by atoms with Crippen molar-refractivity contribution < 1.29 is 24.2 Å². The van der Waals surface area contributed by atoms with Crippen molar-refractivity contribution in [3.8, 4) is 0 Å². The molecule has 27 heavy (non-hydrogen) atoms. The van der Waals surface area contributed by atoms with Crippen LogP contribution in [0.4, 0.5) is 10.5 Å². The SMILES string of the molecule is Nc1cc(Cl)cc(Cl)c1C(=O)C[C@H](NC(=O)OCc1ccccc1)C(=O)O. The number of hydrogen-bond acceptors (Lipinski definition) is 5. The van der Waals surface area contributed by atoms with Gasteiger partial charge in [0, 0.05) is 17.1 Å². The largest absolute Gasteiger partial charge is 0.480 e. The number of rotatable bonds is 7. The van der Waals surface area contributed by atoms with E-state index in [1.54, 1.807) is 24.3 Å². The Bertz CT molecular complexity index is 835. The lowest BCUT2D eigenvalue weighted by Gasteiger charge is -2.15. The number of hydrogen-bond donors (Lipinski definition) is 3. The van der Waals surface area contributed by atoms with Crippen molar-refractivity contribution in [3.05, 3.63) is 63.6 Å². The van der Waals surface area contributed by atoms with Gasteiger partial charge in [-0.3, -0.25) is 4.79 Å². The number of ether oxygens (including phenoxy) is 1. The lowest BCUT2D eigenvalue weighted by atomic mass is 10.0. The highest BCUT2D eigenvalue weighted by Gasteiger charge is 2.26. The van der Waals surface area contributed by atoms with E-state index >= 15 is 0 Å². The third-order valence-electron chi connectivity index (χ3n) is 3.56. The normalized spacial score (nSPS) is 11.5. The Kier molecular flexibility index (Phi) is 7.04. The molecule has 0 aliphatic rings. The monoisotopic (exact) mass is 410 g/mol. The summed E-state index contributed by atoms with van der Waals surface area (Å²) in [5.74, 6) is -2.05. The molecule has 0 fully saturated rings. The number of halogens is 2. The number of nitrogens with two attached hydrogens (primary N) is 1. The molecule has 4 N–H and O–H groups in total. The fourth-order valence-electron chi connectivity index (χ4n) is 2.28. The van der Waals surface area contributed by atoms with Crippen LogP contribution >= 0.6 is 23.2 Å². The fourth-order valence-corrected chi connectivity index (χ4v) is 2.90. The molecule has 1 atom stereocenters. The zero-order valence-corrected chi connectivity index (χ0v) is 15.5. The average Bonchev–Trinajstić information content (AvgIpc) is 2.59. The maximum atomic E-state index is 12.4. The van der Waals surface area contributed by atoms with Crippen LogP contribution in [0.1, 0.15) is 22.3 Å². The number of alkyl carbamates (subject to hydrolysis) is 1. The summed E-state index contributed by atoms with van der Waals surface area (Å²) in [6, 6.07) is 10.00. The van der Waals surface area contributed by atoms with Gasteiger partial charge in [0.25, 0.3) is 0 Å². The molecule has 0 spiro atoms. The van der Waals surface area contributed by atoms with Gasteiger partial charge in [0.2, 0.25) is 0 Å². The van der Waals surface area contributed by atoms with E-state index in [0.29, 0.717) is 0 Å². The second-order valence-electron chi connectivity index (χ2n) is 5.58. The molecule has 0 aliphatic heterocycles. The molecule has 1 amide bonds. The summed E-state index contributed by atoms with van der Waals surface area (Å²) in [7, 11) is 0. The standard InChI is InChI=1S/C18H16Cl2N2O5/c19-11-6-12(20)16(13(21)7-11)15(23)8-14(17(24)25)22-18(26)27-9-10-4-2-1-3-5-10/h1-7,14H,8-9,21H2,(H,22,26)(H,24,25)/t14-/m0/s1. The lowest BCUT2D eigenvalue weighted by molar-refractivity contribution is -0.139. The number of carbonyl (C=O) groups is 3. The van der Waals surface area contributed by atoms with E-state index in [-0.39, 0.29) is 27.9 Å². The van der Waals surface area contributed by atoms with E-state index in [9.17, 15) is 19.5 Å². The van der Waals surface area contributed by atoms with Gasteiger partial charge in [-0.15, -0.1) is 0 Å². The summed E-state index contributed by atoms with van der Waals surface area (Å²) in [5, 5.41) is 11.7. The van der Waals surface area contributed by atoms with Crippen LogP contribution in [0.5, 0.6) is 0 Å². The molecule has 7 nitrogen and oxygen atoms in total. The van der Waals surface area contributed by atoms with Gasteiger partial charge < -0.3 is 20.9 Å². The Morgan fingerprint density at radius 3 is 2.41 bits per heavy atom. The number of benzene rings is 2. The molecule has 0 aliphatic carbocycles. The number of amides is 1. The van der Waals surface area contributed by atoms with E-state index in [0.717, 1.165) is 5.56 Å². The minimum atomic E-state index is -1.51. The molecule has 2 aromatic rings. The number of carboxylic acid groups (broad SMARTS) is 1. The van der Waals surface area contributed by atoms with Crippen LogP contribution in [0.25, 0.3) is 0 Å². The van der Waals surface area contributed by atoms with Crippen LogP contribution in [-0.2, 0) is 16.1 Å². The molecular formula is C18H16Cl2N2O5. The average molecular weight is 411 g/mol. The molecule has 0 saturated carbocycles. The molecule has 142 valence electrons. The first-order valence-corrected chi connectivity index (χ1v) is 8.51. The molecule has 9 heteroatoms. The number of carbonyl (C=O) groups excluding carboxylic acids is 2. The van der Waals surface area contributed by atoms with Crippen LogP contribution in [0, 0.1) is 0 Å². The minimum absolute atomic E-state index is 0.000734. The minimum Gasteiger partial charge on any atom is -0.480 e. The van der Waals surface area contributed by atoms with E-state index < -0.39 is 30.3 Å². The first kappa shape index (κ1) is 20.5. The number of aliphatic carboxylic acids is 1. The third-order valence-corrected chi connectivity index (χ3v) is 4.07. The smallest absolute Gasteiger partial charge is 0.408 e. The molecular weight excluding hydrogens is 395 g/mol. The van der Waals surface area contributed by atoms with Gasteiger partial charge in [-0.05, 0) is 17.7 Å². The van der Waals surface area contributed by atoms with Gasteiger partial charge >= 0.3 is 12.1 Å². The first-order valence-electron chi connectivity index (χ1n) is 7.75. The summed E-state index contributed by atoms with van der Waals surface area (Å²) in [5.41, 5.74) is 6.44. The van der Waals surface area contributed by atoms with Gasteiger partial charge in [-0.1, -0.05) is 53.5 Å². The number of ketones is 1. The van der Waals surface area contributed by atoms with Crippen molar-refractivity contribution in [3.63, 3.8) is 0 Å². The number of nitrogen functional groups attached to an aromatic ring is 1. The number of nitrogens with one attached hydrogen (secondary N) is 1. The predicted octanol–water partition coefficient (Wildman–Crippen LogP) is 3.53. The van der Waals surface area contributed by atoms with Gasteiger partial charge in [0.05, 0.1) is 10.6 Å². The maximum Gasteiger partial charge on any atom is 0.408 e. The Morgan fingerprint density at radius 2 is 1.81 bits per heavy atom. The molecule has 2 aromatic carbocycles. The van der Waals surface area contributed by atoms with Gasteiger partial charge in [0.15, 0.2) is 5.78 Å². The van der Waals surface area contributed by atoms with E-state index in [1.165, 1.54) is 12.1 Å². The van der Waals surface area contributed by atoms with Crippen LogP contribution in [0.15, 0.2) is 42.5 Å². The van der Waals surface area contributed by atoms with Gasteiger partial charge in [-0.25, -0.2) is 9.59 Å². The topological polar surface area (TPSA) is 119 Å². The summed E-state index contributed by atoms with van der Waals surface area (Å²) < 4.78 is 4.97. The molecule has 0 heterocycles. The third kappa shape index (κ3) is 5.87. The van der Waals surface area contributed by atoms with Gasteiger partial charge in [-0.2, -0.15) is 0 Å². The Morgan fingerprint density at radius 1 is 1.15 bits per heavy atom. The predicted molar refractivity (Wildman–Crippen MR) is 101 cm³/mol. The molecule has 0 aromatic heterocycles. The number of carboxylic acids is 1. The highest BCUT2D eigenvalue weighted by atomic mass is 35.5. The summed E-state index contributed by atoms with van der Waals surface area (Å²) in [6.45, 7) is -0.0388. The number of anilines is 1. The molecule has 0 saturated heterocycles. The Hall–Kier alpha value is -2.77. The van der Waals surface area contributed by atoms with Crippen molar-refractivity contribution in [1.29, 1.82) is 0 Å². The maximum absolute atomic E-state index is 12.4. The van der Waals surface area contributed by atoms with Crippen LogP contribution in [0.3, 0.4) is 0 Å². The highest BCUT2D eigenvalue weighted by Crippen LogP contribution is 2.28. The van der Waals surface area contributed by atoms with E-state index in [2.05, 4.69) is 5.32 Å². The second kappa shape index (κ2) is 9.25. The van der Waals surface area contributed by atoms with Crippen LogP contribution in [0.2, 0.25) is 10.0 Å². The zero-order valence-electron chi connectivity index (χ0n) is 13.9. The summed E-state index contributed by atoms with van der Waals surface area (Å²) >= 11 is 11.8. The summed E-state index contributed by atoms with van der Waals surface area (Å²) in [4.78, 5) is 35.7. The van der Waals surface area contributed by atoms with Crippen molar-refractivity contribution >= 4 is 46.7 Å². The van der Waals surface area contributed by atoms with Crippen LogP contribution < -0.4 is 11.1 Å². The van der Waals surface area contributed by atoms with Crippen molar-refractivity contribution in [1.82, 2.24) is 5.32 Å². The lowest BCUT2D eigenvalue weighted by Crippen LogP contribution is -2.42. The quantitative estimate of drug-likeness (QED) is 0.474. The first-order chi connectivity index (χ1) is 12.8. The zero-order chi connectivity index (χ0) is 20.0. The van der Waals surface area contributed by atoms with E-state index in [4.69, 9.17) is 33.7 Å². The fraction of sp³-hybridized carbons (Fsp3) is 0.167. The van der Waals surface area contributed by atoms with Crippen molar-refractivity contribution in [2.24, 2.45) is 0 Å².